The number of rotatable bonds is 3. The van der Waals surface area contributed by atoms with Crippen molar-refractivity contribution in [1.82, 2.24) is 0 Å². The lowest BCUT2D eigenvalue weighted by Crippen LogP contribution is -2.15. The SMILES string of the molecule is COc1cc(OC)c2c(c1)C(=O)O[C@H]2c1coc(C)c(O)c1=O. The number of fused-ring (bicyclic) bond motifs is 1. The zero-order chi connectivity index (χ0) is 16.7. The maximum Gasteiger partial charge on any atom is 0.339 e. The number of benzene rings is 1. The van der Waals surface area contributed by atoms with Crippen LogP contribution in [0.2, 0.25) is 0 Å². The molecule has 1 atom stereocenters. The van der Waals surface area contributed by atoms with E-state index in [2.05, 4.69) is 0 Å². The Morgan fingerprint density at radius 2 is 1.91 bits per heavy atom. The van der Waals surface area contributed by atoms with Gasteiger partial charge in [-0.3, -0.25) is 4.79 Å². The first-order valence-corrected chi connectivity index (χ1v) is 6.76. The minimum absolute atomic E-state index is 0.0173. The third-order valence-electron chi connectivity index (χ3n) is 3.73. The topological polar surface area (TPSA) is 95.2 Å². The quantitative estimate of drug-likeness (QED) is 0.864. The van der Waals surface area contributed by atoms with Crippen molar-refractivity contribution >= 4 is 5.97 Å². The van der Waals surface area contributed by atoms with E-state index in [1.165, 1.54) is 33.5 Å². The molecule has 1 aromatic heterocycles. The summed E-state index contributed by atoms with van der Waals surface area (Å²) < 4.78 is 20.8. The van der Waals surface area contributed by atoms with Crippen molar-refractivity contribution in [2.75, 3.05) is 14.2 Å². The van der Waals surface area contributed by atoms with Crippen LogP contribution >= 0.6 is 0 Å². The van der Waals surface area contributed by atoms with E-state index in [9.17, 15) is 14.7 Å². The number of hydrogen-bond acceptors (Lipinski definition) is 7. The zero-order valence-corrected chi connectivity index (χ0v) is 12.7. The summed E-state index contributed by atoms with van der Waals surface area (Å²) in [7, 11) is 2.90. The lowest BCUT2D eigenvalue weighted by Gasteiger charge is -2.14. The number of carbonyl (C=O) groups excluding carboxylic acids is 1. The van der Waals surface area contributed by atoms with Gasteiger partial charge in [0, 0.05) is 6.07 Å². The summed E-state index contributed by atoms with van der Waals surface area (Å²) >= 11 is 0. The summed E-state index contributed by atoms with van der Waals surface area (Å²) in [5.74, 6) is -0.266. The third kappa shape index (κ3) is 2.21. The van der Waals surface area contributed by atoms with Gasteiger partial charge in [-0.2, -0.15) is 0 Å². The van der Waals surface area contributed by atoms with E-state index < -0.39 is 23.3 Å². The Bertz CT molecular complexity index is 850. The first kappa shape index (κ1) is 15.0. The molecule has 0 radical (unpaired) electrons. The molecular weight excluding hydrogens is 304 g/mol. The first-order chi connectivity index (χ1) is 11.0. The molecule has 0 spiro atoms. The van der Waals surface area contributed by atoms with Gasteiger partial charge in [-0.1, -0.05) is 0 Å². The molecule has 3 rings (SSSR count). The molecule has 0 saturated carbocycles. The molecule has 0 amide bonds. The van der Waals surface area contributed by atoms with Crippen LogP contribution in [0.3, 0.4) is 0 Å². The Kier molecular flexibility index (Phi) is 3.48. The van der Waals surface area contributed by atoms with Crippen LogP contribution in [0.15, 0.2) is 27.6 Å². The molecule has 120 valence electrons. The predicted octanol–water partition coefficient (Wildman–Crippen LogP) is 1.93. The van der Waals surface area contributed by atoms with Crippen LogP contribution in [0, 0.1) is 6.92 Å². The van der Waals surface area contributed by atoms with Gasteiger partial charge in [0.25, 0.3) is 0 Å². The molecule has 1 N–H and O–H groups in total. The Morgan fingerprint density at radius 1 is 1.17 bits per heavy atom. The molecule has 0 bridgehead atoms. The van der Waals surface area contributed by atoms with E-state index in [-0.39, 0.29) is 16.9 Å². The summed E-state index contributed by atoms with van der Waals surface area (Å²) in [6.45, 7) is 1.46. The Balaban J connectivity index is 2.23. The van der Waals surface area contributed by atoms with Gasteiger partial charge in [0.15, 0.2) is 6.10 Å². The van der Waals surface area contributed by atoms with Crippen LogP contribution in [-0.4, -0.2) is 25.3 Å². The molecular formula is C16H14O7. The van der Waals surface area contributed by atoms with E-state index in [1.807, 2.05) is 0 Å². The third-order valence-corrected chi connectivity index (χ3v) is 3.73. The van der Waals surface area contributed by atoms with Gasteiger partial charge >= 0.3 is 5.97 Å². The molecule has 23 heavy (non-hydrogen) atoms. The van der Waals surface area contributed by atoms with Gasteiger partial charge in [0.1, 0.15) is 23.5 Å². The Morgan fingerprint density at radius 3 is 2.57 bits per heavy atom. The average molecular weight is 318 g/mol. The van der Waals surface area contributed by atoms with E-state index in [4.69, 9.17) is 18.6 Å². The van der Waals surface area contributed by atoms with Crippen LogP contribution in [0.25, 0.3) is 0 Å². The number of ether oxygens (including phenoxy) is 3. The maximum absolute atomic E-state index is 12.2. The van der Waals surface area contributed by atoms with E-state index in [1.54, 1.807) is 6.07 Å². The van der Waals surface area contributed by atoms with E-state index in [0.29, 0.717) is 17.1 Å². The fourth-order valence-corrected chi connectivity index (χ4v) is 2.51. The smallest absolute Gasteiger partial charge is 0.339 e. The first-order valence-electron chi connectivity index (χ1n) is 6.76. The Labute approximate surface area is 131 Å². The summed E-state index contributed by atoms with van der Waals surface area (Å²) in [6.07, 6.45) is 0.162. The van der Waals surface area contributed by atoms with Crippen molar-refractivity contribution < 1.29 is 28.5 Å². The molecule has 1 aliphatic rings. The summed E-state index contributed by atoms with van der Waals surface area (Å²) in [5.41, 5.74) is 0.000422. The highest BCUT2D eigenvalue weighted by molar-refractivity contribution is 5.96. The normalized spacial score (nSPS) is 16.0. The minimum atomic E-state index is -1.01. The number of carbonyl (C=O) groups is 1. The predicted molar refractivity (Wildman–Crippen MR) is 78.2 cm³/mol. The van der Waals surface area contributed by atoms with E-state index in [0.717, 1.165) is 0 Å². The van der Waals surface area contributed by atoms with Gasteiger partial charge < -0.3 is 23.7 Å². The number of aryl methyl sites for hydroxylation is 1. The lowest BCUT2D eigenvalue weighted by atomic mass is 9.98. The van der Waals surface area contributed by atoms with Crippen LogP contribution in [0.4, 0.5) is 0 Å². The second kappa shape index (κ2) is 5.35. The number of hydrogen-bond donors (Lipinski definition) is 1. The molecule has 7 heteroatoms. The van der Waals surface area contributed by atoms with E-state index >= 15 is 0 Å². The maximum atomic E-state index is 12.2. The largest absolute Gasteiger partial charge is 0.502 e. The fourth-order valence-electron chi connectivity index (χ4n) is 2.51. The highest BCUT2D eigenvalue weighted by atomic mass is 16.6. The molecule has 0 aliphatic carbocycles. The average Bonchev–Trinajstić information content (AvgIpc) is 2.89. The van der Waals surface area contributed by atoms with Gasteiger partial charge in [-0.05, 0) is 13.0 Å². The fraction of sp³-hybridized carbons (Fsp3) is 0.250. The molecule has 1 aromatic carbocycles. The van der Waals surface area contributed by atoms with Crippen LogP contribution < -0.4 is 14.9 Å². The number of esters is 1. The number of methoxy groups -OCH3 is 2. The molecule has 1 aliphatic heterocycles. The molecule has 7 nitrogen and oxygen atoms in total. The van der Waals surface area contributed by atoms with Crippen molar-refractivity contribution in [3.63, 3.8) is 0 Å². The van der Waals surface area contributed by atoms with Crippen molar-refractivity contribution in [3.05, 3.63) is 51.1 Å². The highest BCUT2D eigenvalue weighted by Crippen LogP contribution is 2.43. The van der Waals surface area contributed by atoms with Crippen molar-refractivity contribution in [2.45, 2.75) is 13.0 Å². The minimum Gasteiger partial charge on any atom is -0.502 e. The van der Waals surface area contributed by atoms with Crippen LogP contribution in [0.1, 0.15) is 33.3 Å². The molecule has 2 heterocycles. The molecule has 0 unspecified atom stereocenters. The molecule has 0 saturated heterocycles. The van der Waals surface area contributed by atoms with Gasteiger partial charge in [-0.25, -0.2) is 4.79 Å². The number of aromatic hydroxyl groups is 1. The van der Waals surface area contributed by atoms with Crippen molar-refractivity contribution in [3.8, 4) is 17.2 Å². The zero-order valence-electron chi connectivity index (χ0n) is 12.7. The summed E-state index contributed by atoms with van der Waals surface area (Å²) in [5, 5.41) is 9.77. The lowest BCUT2D eigenvalue weighted by molar-refractivity contribution is 0.0449. The molecule has 0 fully saturated rings. The highest BCUT2D eigenvalue weighted by Gasteiger charge is 2.38. The molecule has 2 aromatic rings. The van der Waals surface area contributed by atoms with Gasteiger partial charge in [0.2, 0.25) is 11.2 Å². The van der Waals surface area contributed by atoms with Crippen LogP contribution in [-0.2, 0) is 4.74 Å². The van der Waals surface area contributed by atoms with Crippen molar-refractivity contribution in [1.29, 1.82) is 0 Å². The Hall–Kier alpha value is -2.96. The van der Waals surface area contributed by atoms with Gasteiger partial charge in [0.05, 0.1) is 30.9 Å². The van der Waals surface area contributed by atoms with Gasteiger partial charge in [-0.15, -0.1) is 0 Å². The second-order valence-corrected chi connectivity index (χ2v) is 5.00. The number of cyclic esters (lactones) is 1. The summed E-state index contributed by atoms with van der Waals surface area (Å²) in [6, 6.07) is 3.10. The monoisotopic (exact) mass is 318 g/mol. The van der Waals surface area contributed by atoms with Crippen LogP contribution in [0.5, 0.6) is 17.2 Å². The summed E-state index contributed by atoms with van der Waals surface area (Å²) in [4.78, 5) is 24.4. The standard InChI is InChI=1S/C16H14O7/c1-7-13(17)14(18)10(6-22-7)15-12-9(16(19)23-15)4-8(20-2)5-11(12)21-3/h4-6,15,17H,1-3H3/t15-/m0/s1. The van der Waals surface area contributed by atoms with Crippen molar-refractivity contribution in [2.24, 2.45) is 0 Å². The second-order valence-electron chi connectivity index (χ2n) is 5.00.